The van der Waals surface area contributed by atoms with E-state index in [1.165, 1.54) is 51.4 Å². The Bertz CT molecular complexity index is 1300. The summed E-state index contributed by atoms with van der Waals surface area (Å²) in [6.07, 6.45) is 31.3. The highest BCUT2D eigenvalue weighted by atomic mass is 31.2. The second kappa shape index (κ2) is 37.0. The molecule has 352 valence electrons. The van der Waals surface area contributed by atoms with Gasteiger partial charge < -0.3 is 39.9 Å². The summed E-state index contributed by atoms with van der Waals surface area (Å²) < 4.78 is 33.5. The van der Waals surface area contributed by atoms with E-state index in [9.17, 15) is 44.6 Å². The minimum Gasteiger partial charge on any atom is -0.462 e. The van der Waals surface area contributed by atoms with Gasteiger partial charge in [0.25, 0.3) is 0 Å². The second-order valence-electron chi connectivity index (χ2n) is 15.9. The Labute approximate surface area is 366 Å². The van der Waals surface area contributed by atoms with Gasteiger partial charge in [-0.2, -0.15) is 0 Å². The summed E-state index contributed by atoms with van der Waals surface area (Å²) in [6.45, 7) is 3.15. The van der Waals surface area contributed by atoms with Gasteiger partial charge in [-0.3, -0.25) is 18.6 Å². The summed E-state index contributed by atoms with van der Waals surface area (Å²) in [5.41, 5.74) is 0. The van der Waals surface area contributed by atoms with E-state index >= 15 is 0 Å². The number of ether oxygens (including phenoxy) is 2. The average molecular weight is 885 g/mol. The number of rotatable bonds is 37. The monoisotopic (exact) mass is 885 g/mol. The molecule has 1 aliphatic rings. The Hall–Kier alpha value is -2.45. The van der Waals surface area contributed by atoms with Crippen LogP contribution in [0.5, 0.6) is 0 Å². The number of hydrogen-bond donors (Lipinski definition) is 6. The van der Waals surface area contributed by atoms with Crippen molar-refractivity contribution in [3.63, 3.8) is 0 Å². The van der Waals surface area contributed by atoms with Gasteiger partial charge in [0.1, 0.15) is 43.2 Å². The van der Waals surface area contributed by atoms with Gasteiger partial charge in [0.15, 0.2) is 6.10 Å². The van der Waals surface area contributed by atoms with Crippen LogP contribution in [0.2, 0.25) is 0 Å². The molecule has 6 unspecified atom stereocenters. The van der Waals surface area contributed by atoms with Crippen molar-refractivity contribution in [3.05, 3.63) is 60.8 Å². The van der Waals surface area contributed by atoms with Gasteiger partial charge in [0.2, 0.25) is 0 Å². The summed E-state index contributed by atoms with van der Waals surface area (Å²) in [6, 6.07) is 0. The lowest BCUT2D eigenvalue weighted by Crippen LogP contribution is -2.64. The van der Waals surface area contributed by atoms with Crippen LogP contribution in [0, 0.1) is 0 Å². The SMILES string of the molecule is CC/C=C/C/C=C/C/C=C/C/C=C/C/C=C/CCCCCC(=O)OC[C@@H](COP(=O)(O)OC1C(O)C(O)C(O)[C@H](O)C1O)OC(=O)CCCCCCCCCCCCCCC. The Morgan fingerprint density at radius 3 is 1.43 bits per heavy atom. The number of phosphoric acid groups is 1. The van der Waals surface area contributed by atoms with Crippen LogP contribution < -0.4 is 0 Å². The minimum absolute atomic E-state index is 0.0892. The molecule has 14 heteroatoms. The molecule has 0 aliphatic heterocycles. The zero-order valence-corrected chi connectivity index (χ0v) is 38.1. The first-order valence-electron chi connectivity index (χ1n) is 23.1. The van der Waals surface area contributed by atoms with Gasteiger partial charge in [-0.1, -0.05) is 158 Å². The summed E-state index contributed by atoms with van der Waals surface area (Å²) in [5.74, 6) is -1.14. The van der Waals surface area contributed by atoms with Gasteiger partial charge in [0.05, 0.1) is 6.61 Å². The van der Waals surface area contributed by atoms with Crippen molar-refractivity contribution in [2.75, 3.05) is 13.2 Å². The number of allylic oxidation sites excluding steroid dienone is 10. The fraction of sp³-hybridized carbons (Fsp3) is 0.745. The third kappa shape index (κ3) is 29.5. The van der Waals surface area contributed by atoms with E-state index in [1.54, 1.807) is 0 Å². The van der Waals surface area contributed by atoms with Crippen molar-refractivity contribution in [3.8, 4) is 0 Å². The van der Waals surface area contributed by atoms with E-state index in [4.69, 9.17) is 18.5 Å². The molecule has 0 saturated heterocycles. The number of esters is 2. The molecule has 0 aromatic rings. The first-order valence-corrected chi connectivity index (χ1v) is 24.6. The number of unbranched alkanes of at least 4 members (excludes halogenated alkanes) is 15. The summed E-state index contributed by atoms with van der Waals surface area (Å²) in [4.78, 5) is 35.7. The molecule has 1 aliphatic carbocycles. The van der Waals surface area contributed by atoms with Crippen LogP contribution in [0.3, 0.4) is 0 Å². The lowest BCUT2D eigenvalue weighted by Gasteiger charge is -2.41. The number of aliphatic hydroxyl groups is 5. The minimum atomic E-state index is -5.13. The highest BCUT2D eigenvalue weighted by Crippen LogP contribution is 2.47. The van der Waals surface area contributed by atoms with E-state index in [0.29, 0.717) is 12.8 Å². The van der Waals surface area contributed by atoms with Gasteiger partial charge >= 0.3 is 19.8 Å². The largest absolute Gasteiger partial charge is 0.472 e. The van der Waals surface area contributed by atoms with E-state index in [1.807, 2.05) is 0 Å². The normalized spacial score (nSPS) is 22.6. The molecule has 0 aromatic carbocycles. The third-order valence-corrected chi connectivity index (χ3v) is 11.4. The Morgan fingerprint density at radius 1 is 0.525 bits per heavy atom. The van der Waals surface area contributed by atoms with Gasteiger partial charge in [-0.25, -0.2) is 4.57 Å². The molecule has 0 aromatic heterocycles. The highest BCUT2D eigenvalue weighted by Gasteiger charge is 2.51. The number of hydrogen-bond acceptors (Lipinski definition) is 12. The fourth-order valence-corrected chi connectivity index (χ4v) is 7.64. The summed E-state index contributed by atoms with van der Waals surface area (Å²) >= 11 is 0. The van der Waals surface area contributed by atoms with E-state index < -0.39 is 75.7 Å². The van der Waals surface area contributed by atoms with Crippen LogP contribution in [0.15, 0.2) is 60.8 Å². The van der Waals surface area contributed by atoms with Gasteiger partial charge in [0, 0.05) is 12.8 Å². The molecule has 1 fully saturated rings. The quantitative estimate of drug-likeness (QED) is 0.0149. The molecule has 13 nitrogen and oxygen atoms in total. The average Bonchev–Trinajstić information content (AvgIpc) is 3.24. The summed E-state index contributed by atoms with van der Waals surface area (Å²) in [7, 11) is -5.13. The smallest absolute Gasteiger partial charge is 0.462 e. The first kappa shape index (κ1) is 56.6. The molecule has 0 amide bonds. The Balaban J connectivity index is 2.48. The number of carbonyl (C=O) groups is 2. The lowest BCUT2D eigenvalue weighted by atomic mass is 9.85. The number of phosphoric ester groups is 1. The third-order valence-electron chi connectivity index (χ3n) is 10.4. The Kier molecular flexibility index (Phi) is 34.3. The molecule has 6 N–H and O–H groups in total. The molecule has 0 bridgehead atoms. The van der Waals surface area contributed by atoms with Crippen LogP contribution in [0.25, 0.3) is 0 Å². The van der Waals surface area contributed by atoms with E-state index in [0.717, 1.165) is 77.0 Å². The van der Waals surface area contributed by atoms with Crippen LogP contribution in [0.4, 0.5) is 0 Å². The van der Waals surface area contributed by atoms with E-state index in [-0.39, 0.29) is 12.8 Å². The number of aliphatic hydroxyl groups excluding tert-OH is 5. The van der Waals surface area contributed by atoms with Crippen molar-refractivity contribution < 1.29 is 63.1 Å². The zero-order chi connectivity index (χ0) is 45.0. The molecule has 61 heavy (non-hydrogen) atoms. The molecule has 0 heterocycles. The lowest BCUT2D eigenvalue weighted by molar-refractivity contribution is -0.220. The van der Waals surface area contributed by atoms with Crippen molar-refractivity contribution in [2.45, 2.75) is 211 Å². The maximum Gasteiger partial charge on any atom is 0.472 e. The number of carbonyl (C=O) groups excluding carboxylic acids is 2. The fourth-order valence-electron chi connectivity index (χ4n) is 6.67. The van der Waals surface area contributed by atoms with E-state index in [2.05, 4.69) is 74.6 Å². The van der Waals surface area contributed by atoms with Crippen molar-refractivity contribution in [2.24, 2.45) is 0 Å². The second-order valence-corrected chi connectivity index (χ2v) is 17.3. The highest BCUT2D eigenvalue weighted by molar-refractivity contribution is 7.47. The topological polar surface area (TPSA) is 210 Å². The molecule has 1 saturated carbocycles. The van der Waals surface area contributed by atoms with Crippen LogP contribution >= 0.6 is 7.82 Å². The van der Waals surface area contributed by atoms with Crippen molar-refractivity contribution in [1.82, 2.24) is 0 Å². The molecular formula is C47H81O13P. The van der Waals surface area contributed by atoms with Crippen molar-refractivity contribution in [1.29, 1.82) is 0 Å². The summed E-state index contributed by atoms with van der Waals surface area (Å²) in [5, 5.41) is 50.1. The zero-order valence-electron chi connectivity index (χ0n) is 37.2. The van der Waals surface area contributed by atoms with Gasteiger partial charge in [-0.05, 0) is 57.8 Å². The molecule has 8 atom stereocenters. The molecule has 0 spiro atoms. The van der Waals surface area contributed by atoms with Crippen molar-refractivity contribution >= 4 is 19.8 Å². The standard InChI is InChI=1S/C47H81O13P/c1-3-5-7-9-11-13-15-17-18-19-20-21-22-24-25-27-29-31-33-35-40(48)57-37-39(38-58-61(55,56)60-47-45(53)43(51)42(50)44(52)46(47)54)59-41(49)36-34-32-30-28-26-23-16-14-12-10-8-6-4-2/h5,7,11,13,17-18,20-21,24-25,39,42-47,50-54H,3-4,6,8-10,12,14-16,19,22-23,26-38H2,1-2H3,(H,55,56)/b7-5+,13-11+,18-17+,21-20+,25-24+/t39-,42?,43-,44?,45?,46?,47?/m0/s1. The maximum absolute atomic E-state index is 12.8. The van der Waals surface area contributed by atoms with Crippen LogP contribution in [0.1, 0.15) is 168 Å². The Morgan fingerprint density at radius 2 is 0.934 bits per heavy atom. The predicted octanol–water partition coefficient (Wildman–Crippen LogP) is 8.94. The first-order chi connectivity index (χ1) is 29.4. The predicted molar refractivity (Wildman–Crippen MR) is 239 cm³/mol. The molecule has 1 rings (SSSR count). The molecule has 0 radical (unpaired) electrons. The van der Waals surface area contributed by atoms with Gasteiger partial charge in [-0.15, -0.1) is 0 Å². The van der Waals surface area contributed by atoms with Crippen LogP contribution in [-0.4, -0.2) is 98.3 Å². The maximum atomic E-state index is 12.8. The molecular weight excluding hydrogens is 803 g/mol. The van der Waals surface area contributed by atoms with Crippen LogP contribution in [-0.2, 0) is 32.7 Å².